The molecule has 1 aromatic carbocycles. The molecule has 0 spiro atoms. The molecule has 94 valence electrons. The molecule has 2 heteroatoms. The van der Waals surface area contributed by atoms with Gasteiger partial charge in [-0.15, -0.1) is 0 Å². The molecule has 1 aliphatic rings. The second kappa shape index (κ2) is 6.06. The van der Waals surface area contributed by atoms with Gasteiger partial charge in [-0.05, 0) is 49.5 Å². The Kier molecular flexibility index (Phi) is 4.43. The van der Waals surface area contributed by atoms with Crippen LogP contribution < -0.4 is 5.32 Å². The van der Waals surface area contributed by atoms with Crippen LogP contribution in [0, 0.1) is 0 Å². The molecule has 0 radical (unpaired) electrons. The van der Waals surface area contributed by atoms with Crippen molar-refractivity contribution in [1.82, 2.24) is 4.90 Å². The van der Waals surface area contributed by atoms with Gasteiger partial charge >= 0.3 is 0 Å². The third kappa shape index (κ3) is 3.74. The maximum Gasteiger partial charge on any atom is 0.0343 e. The highest BCUT2D eigenvalue weighted by Crippen LogP contribution is 2.18. The Bertz CT molecular complexity index is 341. The van der Waals surface area contributed by atoms with Crippen molar-refractivity contribution in [2.45, 2.75) is 32.6 Å². The third-order valence-electron chi connectivity index (χ3n) is 3.51. The monoisotopic (exact) mass is 232 g/mol. The summed E-state index contributed by atoms with van der Waals surface area (Å²) in [5.74, 6) is 0.607. The van der Waals surface area contributed by atoms with Gasteiger partial charge in [0.05, 0.1) is 0 Å². The average Bonchev–Trinajstić information content (AvgIpc) is 2.82. The number of hydrogen-bond acceptors (Lipinski definition) is 2. The maximum absolute atomic E-state index is 3.53. The van der Waals surface area contributed by atoms with Crippen molar-refractivity contribution in [3.63, 3.8) is 0 Å². The first-order valence-corrected chi connectivity index (χ1v) is 6.82. The van der Waals surface area contributed by atoms with E-state index in [4.69, 9.17) is 0 Å². The van der Waals surface area contributed by atoms with Gasteiger partial charge in [-0.25, -0.2) is 0 Å². The lowest BCUT2D eigenvalue weighted by Crippen LogP contribution is -2.25. The lowest BCUT2D eigenvalue weighted by molar-refractivity contribution is 0.352. The molecule has 1 fully saturated rings. The van der Waals surface area contributed by atoms with E-state index in [0.717, 1.165) is 6.54 Å². The molecule has 17 heavy (non-hydrogen) atoms. The quantitative estimate of drug-likeness (QED) is 0.838. The molecule has 0 aromatic heterocycles. The van der Waals surface area contributed by atoms with E-state index >= 15 is 0 Å². The van der Waals surface area contributed by atoms with E-state index in [2.05, 4.69) is 48.3 Å². The van der Waals surface area contributed by atoms with Crippen LogP contribution in [0.25, 0.3) is 0 Å². The van der Waals surface area contributed by atoms with Crippen LogP contribution in [0.15, 0.2) is 24.3 Å². The molecule has 0 aliphatic carbocycles. The van der Waals surface area contributed by atoms with Gasteiger partial charge in [0.15, 0.2) is 0 Å². The van der Waals surface area contributed by atoms with E-state index in [9.17, 15) is 0 Å². The topological polar surface area (TPSA) is 15.3 Å². The fraction of sp³-hybridized carbons (Fsp3) is 0.600. The molecule has 2 nitrogen and oxygen atoms in total. The largest absolute Gasteiger partial charge is 0.384 e. The highest BCUT2D eigenvalue weighted by Gasteiger charge is 2.10. The van der Waals surface area contributed by atoms with Crippen molar-refractivity contribution in [1.29, 1.82) is 0 Å². The minimum absolute atomic E-state index is 0.607. The van der Waals surface area contributed by atoms with Crippen molar-refractivity contribution in [3.05, 3.63) is 29.8 Å². The molecule has 1 aliphatic heterocycles. The zero-order chi connectivity index (χ0) is 12.1. The van der Waals surface area contributed by atoms with Gasteiger partial charge in [0.1, 0.15) is 0 Å². The Balaban J connectivity index is 1.79. The van der Waals surface area contributed by atoms with E-state index in [0.29, 0.717) is 5.92 Å². The predicted molar refractivity (Wildman–Crippen MR) is 74.7 cm³/mol. The van der Waals surface area contributed by atoms with Crippen LogP contribution in [-0.2, 0) is 0 Å². The number of benzene rings is 1. The average molecular weight is 232 g/mol. The molecule has 0 atom stereocenters. The van der Waals surface area contributed by atoms with E-state index < -0.39 is 0 Å². The van der Waals surface area contributed by atoms with E-state index in [1.807, 2.05) is 0 Å². The molecule has 1 aromatic rings. The summed E-state index contributed by atoms with van der Waals surface area (Å²) >= 11 is 0. The summed E-state index contributed by atoms with van der Waals surface area (Å²) in [4.78, 5) is 2.54. The molecule has 0 bridgehead atoms. The second-order valence-electron chi connectivity index (χ2n) is 5.26. The first kappa shape index (κ1) is 12.4. The van der Waals surface area contributed by atoms with Gasteiger partial charge in [-0.2, -0.15) is 0 Å². The van der Waals surface area contributed by atoms with Crippen molar-refractivity contribution in [2.24, 2.45) is 0 Å². The Morgan fingerprint density at radius 2 is 2.00 bits per heavy atom. The predicted octanol–water partition coefficient (Wildman–Crippen LogP) is 3.32. The lowest BCUT2D eigenvalue weighted by atomic mass is 10.0. The van der Waals surface area contributed by atoms with E-state index in [1.54, 1.807) is 0 Å². The number of rotatable bonds is 5. The van der Waals surface area contributed by atoms with Crippen LogP contribution in [-0.4, -0.2) is 31.1 Å². The highest BCUT2D eigenvalue weighted by molar-refractivity contribution is 5.46. The third-order valence-corrected chi connectivity index (χ3v) is 3.51. The van der Waals surface area contributed by atoms with Crippen molar-refractivity contribution >= 4 is 5.69 Å². The van der Waals surface area contributed by atoms with Crippen LogP contribution in [0.1, 0.15) is 38.2 Å². The van der Waals surface area contributed by atoms with Crippen LogP contribution >= 0.6 is 0 Å². The minimum atomic E-state index is 0.607. The summed E-state index contributed by atoms with van der Waals surface area (Å²) in [5, 5.41) is 3.53. The number of hydrogen-bond donors (Lipinski definition) is 1. The Labute approximate surface area is 105 Å². The van der Waals surface area contributed by atoms with Gasteiger partial charge in [0, 0.05) is 18.8 Å². The number of nitrogens with zero attached hydrogens (tertiary/aromatic N) is 1. The summed E-state index contributed by atoms with van der Waals surface area (Å²) in [6, 6.07) is 8.79. The van der Waals surface area contributed by atoms with E-state index in [-0.39, 0.29) is 0 Å². The molecular formula is C15H24N2. The van der Waals surface area contributed by atoms with Crippen molar-refractivity contribution in [2.75, 3.05) is 31.5 Å². The summed E-state index contributed by atoms with van der Waals surface area (Å²) in [6.07, 6.45) is 2.76. The number of nitrogens with one attached hydrogen (secondary N) is 1. The fourth-order valence-electron chi connectivity index (χ4n) is 2.37. The van der Waals surface area contributed by atoms with E-state index in [1.165, 1.54) is 43.7 Å². The maximum atomic E-state index is 3.53. The summed E-state index contributed by atoms with van der Waals surface area (Å²) < 4.78 is 0. The smallest absolute Gasteiger partial charge is 0.0343 e. The molecule has 1 heterocycles. The first-order chi connectivity index (χ1) is 8.25. The molecular weight excluding hydrogens is 208 g/mol. The summed E-state index contributed by atoms with van der Waals surface area (Å²) in [7, 11) is 0. The Hall–Kier alpha value is -1.02. The van der Waals surface area contributed by atoms with Crippen LogP contribution in [0.2, 0.25) is 0 Å². The molecule has 2 rings (SSSR count). The van der Waals surface area contributed by atoms with Gasteiger partial charge in [0.25, 0.3) is 0 Å². The number of likely N-dealkylation sites (tertiary alicyclic amines) is 1. The fourth-order valence-corrected chi connectivity index (χ4v) is 2.37. The SMILES string of the molecule is CC(C)c1cccc(NCCN2CCCC2)c1. The van der Waals surface area contributed by atoms with Crippen LogP contribution in [0.4, 0.5) is 5.69 Å². The Morgan fingerprint density at radius 3 is 2.71 bits per heavy atom. The van der Waals surface area contributed by atoms with Gasteiger partial charge in [-0.1, -0.05) is 26.0 Å². The normalized spacial score (nSPS) is 16.6. The van der Waals surface area contributed by atoms with Gasteiger partial charge < -0.3 is 10.2 Å². The lowest BCUT2D eigenvalue weighted by Gasteiger charge is -2.16. The second-order valence-corrected chi connectivity index (χ2v) is 5.26. The van der Waals surface area contributed by atoms with Crippen LogP contribution in [0.5, 0.6) is 0 Å². The molecule has 0 saturated carbocycles. The standard InChI is InChI=1S/C15H24N2/c1-13(2)14-6-5-7-15(12-14)16-8-11-17-9-3-4-10-17/h5-7,12-13,16H,3-4,8-11H2,1-2H3. The minimum Gasteiger partial charge on any atom is -0.384 e. The molecule has 0 amide bonds. The first-order valence-electron chi connectivity index (χ1n) is 6.82. The highest BCUT2D eigenvalue weighted by atomic mass is 15.1. The Morgan fingerprint density at radius 1 is 1.24 bits per heavy atom. The molecule has 1 N–H and O–H groups in total. The molecule has 0 unspecified atom stereocenters. The zero-order valence-electron chi connectivity index (χ0n) is 11.1. The molecule has 1 saturated heterocycles. The summed E-state index contributed by atoms with van der Waals surface area (Å²) in [5.41, 5.74) is 2.67. The number of anilines is 1. The summed E-state index contributed by atoms with van der Waals surface area (Å²) in [6.45, 7) is 9.28. The van der Waals surface area contributed by atoms with Gasteiger partial charge in [-0.3, -0.25) is 0 Å². The van der Waals surface area contributed by atoms with Gasteiger partial charge in [0.2, 0.25) is 0 Å². The van der Waals surface area contributed by atoms with Crippen molar-refractivity contribution in [3.8, 4) is 0 Å². The van der Waals surface area contributed by atoms with Crippen LogP contribution in [0.3, 0.4) is 0 Å². The zero-order valence-corrected chi connectivity index (χ0v) is 11.1. The van der Waals surface area contributed by atoms with Crippen molar-refractivity contribution < 1.29 is 0 Å².